The third kappa shape index (κ3) is 8.32. The number of sulfonamides is 1. The van der Waals surface area contributed by atoms with Crippen molar-refractivity contribution < 1.29 is 22.7 Å². The third-order valence-electron chi connectivity index (χ3n) is 6.61. The summed E-state index contributed by atoms with van der Waals surface area (Å²) in [5.74, 6) is -0.159. The van der Waals surface area contributed by atoms with Crippen molar-refractivity contribution in [3.63, 3.8) is 0 Å². The lowest BCUT2D eigenvalue weighted by atomic mass is 10.0. The van der Waals surface area contributed by atoms with Crippen LogP contribution >= 0.6 is 0 Å². The van der Waals surface area contributed by atoms with Gasteiger partial charge in [-0.3, -0.25) is 13.9 Å². The minimum absolute atomic E-state index is 0.0948. The third-order valence-corrected chi connectivity index (χ3v) is 7.73. The predicted molar refractivity (Wildman–Crippen MR) is 159 cm³/mol. The topological polar surface area (TPSA) is 96.0 Å². The molecule has 0 heterocycles. The number of carbonyl (C=O) groups is 2. The molecule has 0 aliphatic heterocycles. The zero-order valence-electron chi connectivity index (χ0n) is 23.9. The van der Waals surface area contributed by atoms with Gasteiger partial charge in [0.25, 0.3) is 0 Å². The van der Waals surface area contributed by atoms with Gasteiger partial charge in [-0.25, -0.2) is 8.42 Å². The van der Waals surface area contributed by atoms with E-state index in [1.807, 2.05) is 81.4 Å². The quantitative estimate of drug-likeness (QED) is 0.334. The van der Waals surface area contributed by atoms with Gasteiger partial charge in [0, 0.05) is 19.5 Å². The first kappa shape index (κ1) is 30.7. The van der Waals surface area contributed by atoms with Crippen LogP contribution in [0.25, 0.3) is 0 Å². The van der Waals surface area contributed by atoms with Crippen LogP contribution in [-0.4, -0.2) is 57.6 Å². The SMILES string of the molecule is CCCNC(=O)[C@H](Cc1ccccc1)N(Cc1cccc(OC)c1)C(=O)CN(c1ccc(C)cc1C)S(C)(=O)=O. The molecule has 3 aromatic carbocycles. The number of methoxy groups -OCH3 is 1. The molecule has 0 unspecified atom stereocenters. The van der Waals surface area contributed by atoms with E-state index in [1.54, 1.807) is 19.2 Å². The number of hydrogen-bond donors (Lipinski definition) is 1. The molecule has 3 aromatic rings. The fourth-order valence-corrected chi connectivity index (χ4v) is 5.47. The summed E-state index contributed by atoms with van der Waals surface area (Å²) in [6.45, 7) is 5.81. The van der Waals surface area contributed by atoms with Crippen LogP contribution in [0.1, 0.15) is 35.6 Å². The van der Waals surface area contributed by atoms with E-state index in [2.05, 4.69) is 5.32 Å². The van der Waals surface area contributed by atoms with E-state index < -0.39 is 28.5 Å². The predicted octanol–water partition coefficient (Wildman–Crippen LogP) is 4.24. The van der Waals surface area contributed by atoms with Crippen LogP contribution in [0.15, 0.2) is 72.8 Å². The molecule has 0 bridgehead atoms. The second kappa shape index (κ2) is 14.0. The summed E-state index contributed by atoms with van der Waals surface area (Å²) in [6.07, 6.45) is 2.10. The molecule has 0 saturated heterocycles. The number of hydrogen-bond acceptors (Lipinski definition) is 5. The molecule has 0 aromatic heterocycles. The molecule has 0 aliphatic carbocycles. The van der Waals surface area contributed by atoms with Crippen LogP contribution in [0.3, 0.4) is 0 Å². The van der Waals surface area contributed by atoms with Crippen molar-refractivity contribution >= 4 is 27.5 Å². The Morgan fingerprint density at radius 3 is 2.27 bits per heavy atom. The van der Waals surface area contributed by atoms with E-state index in [1.165, 1.54) is 4.90 Å². The normalized spacial score (nSPS) is 11.9. The van der Waals surface area contributed by atoms with Gasteiger partial charge < -0.3 is 15.0 Å². The Kier molecular flexibility index (Phi) is 10.7. The van der Waals surface area contributed by atoms with Crippen molar-refractivity contribution in [3.8, 4) is 5.75 Å². The van der Waals surface area contributed by atoms with Crippen molar-refractivity contribution in [2.24, 2.45) is 0 Å². The molecule has 9 heteroatoms. The van der Waals surface area contributed by atoms with Gasteiger partial charge in [-0.1, -0.05) is 67.1 Å². The van der Waals surface area contributed by atoms with Crippen molar-refractivity contribution in [3.05, 3.63) is 95.1 Å². The first-order valence-electron chi connectivity index (χ1n) is 13.3. The van der Waals surface area contributed by atoms with Crippen LogP contribution in [0.2, 0.25) is 0 Å². The van der Waals surface area contributed by atoms with Crippen molar-refractivity contribution in [2.45, 2.75) is 46.2 Å². The maximum Gasteiger partial charge on any atom is 0.244 e. The highest BCUT2D eigenvalue weighted by Gasteiger charge is 2.33. The maximum absolute atomic E-state index is 14.1. The number of rotatable bonds is 13. The largest absolute Gasteiger partial charge is 0.497 e. The summed E-state index contributed by atoms with van der Waals surface area (Å²) in [4.78, 5) is 29.2. The van der Waals surface area contributed by atoms with Gasteiger partial charge in [0.1, 0.15) is 18.3 Å². The van der Waals surface area contributed by atoms with Crippen LogP contribution < -0.4 is 14.4 Å². The minimum Gasteiger partial charge on any atom is -0.497 e. The van der Waals surface area contributed by atoms with Gasteiger partial charge in [-0.2, -0.15) is 0 Å². The van der Waals surface area contributed by atoms with Crippen LogP contribution in [0.5, 0.6) is 5.75 Å². The first-order chi connectivity index (χ1) is 19.0. The summed E-state index contributed by atoms with van der Waals surface area (Å²) < 4.78 is 32.4. The van der Waals surface area contributed by atoms with Crippen molar-refractivity contribution in [1.82, 2.24) is 10.2 Å². The van der Waals surface area contributed by atoms with Gasteiger partial charge in [0.2, 0.25) is 21.8 Å². The van der Waals surface area contributed by atoms with E-state index in [0.717, 1.165) is 39.2 Å². The number of benzene rings is 3. The maximum atomic E-state index is 14.1. The average molecular weight is 566 g/mol. The van der Waals surface area contributed by atoms with Crippen LogP contribution in [0, 0.1) is 13.8 Å². The lowest BCUT2D eigenvalue weighted by Gasteiger charge is -2.34. The fourth-order valence-electron chi connectivity index (χ4n) is 4.57. The highest BCUT2D eigenvalue weighted by molar-refractivity contribution is 7.92. The molecule has 0 radical (unpaired) electrons. The lowest BCUT2D eigenvalue weighted by Crippen LogP contribution is -2.53. The Balaban J connectivity index is 2.07. The van der Waals surface area contributed by atoms with E-state index in [4.69, 9.17) is 4.74 Å². The number of ether oxygens (including phenoxy) is 1. The molecule has 1 N–H and O–H groups in total. The molecular formula is C31H39N3O5S. The van der Waals surface area contributed by atoms with E-state index in [-0.39, 0.29) is 18.9 Å². The number of aryl methyl sites for hydroxylation is 2. The van der Waals surface area contributed by atoms with Gasteiger partial charge in [0.05, 0.1) is 19.1 Å². The molecule has 1 atom stereocenters. The number of carbonyl (C=O) groups excluding carboxylic acids is 2. The van der Waals surface area contributed by atoms with Crippen molar-refractivity contribution in [1.29, 1.82) is 0 Å². The number of anilines is 1. The monoisotopic (exact) mass is 565 g/mol. The van der Waals surface area contributed by atoms with Gasteiger partial charge in [0.15, 0.2) is 0 Å². The van der Waals surface area contributed by atoms with Crippen molar-refractivity contribution in [2.75, 3.05) is 30.8 Å². The molecule has 2 amide bonds. The molecule has 0 fully saturated rings. The number of nitrogens with one attached hydrogen (secondary N) is 1. The van der Waals surface area contributed by atoms with E-state index in [0.29, 0.717) is 18.0 Å². The Labute approximate surface area is 238 Å². The summed E-state index contributed by atoms with van der Waals surface area (Å²) in [5, 5.41) is 2.94. The minimum atomic E-state index is -3.82. The summed E-state index contributed by atoms with van der Waals surface area (Å²) in [7, 11) is -2.26. The van der Waals surface area contributed by atoms with E-state index >= 15 is 0 Å². The number of amides is 2. The average Bonchev–Trinajstić information content (AvgIpc) is 2.92. The highest BCUT2D eigenvalue weighted by atomic mass is 32.2. The summed E-state index contributed by atoms with van der Waals surface area (Å²) in [6, 6.07) is 21.3. The smallest absolute Gasteiger partial charge is 0.244 e. The number of nitrogens with zero attached hydrogens (tertiary/aromatic N) is 2. The zero-order chi connectivity index (χ0) is 29.3. The standard InChI is InChI=1S/C31H39N3O5S/c1-6-17-32-31(36)29(20-25-11-8-7-9-12-25)33(21-26-13-10-14-27(19-26)39-4)30(35)22-34(40(5,37)38)28-16-15-23(2)18-24(28)3/h7-16,18-19,29H,6,17,20-22H2,1-5H3,(H,32,36)/t29-/m0/s1. The van der Waals surface area contributed by atoms with E-state index in [9.17, 15) is 18.0 Å². The Hall–Kier alpha value is -3.85. The molecule has 8 nitrogen and oxygen atoms in total. The lowest BCUT2D eigenvalue weighted by molar-refractivity contribution is -0.140. The summed E-state index contributed by atoms with van der Waals surface area (Å²) >= 11 is 0. The fraction of sp³-hybridized carbons (Fsp3) is 0.355. The summed E-state index contributed by atoms with van der Waals surface area (Å²) in [5.41, 5.74) is 3.79. The highest BCUT2D eigenvalue weighted by Crippen LogP contribution is 2.25. The van der Waals surface area contributed by atoms with Crippen LogP contribution in [-0.2, 0) is 32.6 Å². The second-order valence-corrected chi connectivity index (χ2v) is 11.8. The molecule has 0 saturated carbocycles. The Morgan fingerprint density at radius 1 is 0.950 bits per heavy atom. The molecule has 0 aliphatic rings. The van der Waals surface area contributed by atoms with Gasteiger partial charge in [-0.05, 0) is 55.2 Å². The molecule has 0 spiro atoms. The van der Waals surface area contributed by atoms with Crippen LogP contribution in [0.4, 0.5) is 5.69 Å². The molecule has 3 rings (SSSR count). The zero-order valence-corrected chi connectivity index (χ0v) is 24.7. The van der Waals surface area contributed by atoms with Gasteiger partial charge >= 0.3 is 0 Å². The Morgan fingerprint density at radius 2 is 1.65 bits per heavy atom. The molecule has 40 heavy (non-hydrogen) atoms. The first-order valence-corrected chi connectivity index (χ1v) is 15.2. The second-order valence-electron chi connectivity index (χ2n) is 9.93. The Bertz CT molecular complexity index is 1410. The molecular weight excluding hydrogens is 526 g/mol. The van der Waals surface area contributed by atoms with Gasteiger partial charge in [-0.15, -0.1) is 0 Å². The molecule has 214 valence electrons.